The zero-order valence-electron chi connectivity index (χ0n) is 19.0. The lowest BCUT2D eigenvalue weighted by Crippen LogP contribution is -2.35. The first-order valence-corrected chi connectivity index (χ1v) is 11.0. The van der Waals surface area contributed by atoms with Crippen molar-refractivity contribution in [3.8, 4) is 0 Å². The Hall–Kier alpha value is -2.53. The van der Waals surface area contributed by atoms with Crippen LogP contribution < -0.4 is 16.4 Å². The first-order chi connectivity index (χ1) is 15.2. The Labute approximate surface area is 188 Å². The molecule has 11 nitrogen and oxygen atoms in total. The van der Waals surface area contributed by atoms with Crippen molar-refractivity contribution < 1.29 is 33.4 Å². The third-order valence-corrected chi connectivity index (χ3v) is 5.08. The van der Waals surface area contributed by atoms with Gasteiger partial charge in [0.1, 0.15) is 6.61 Å². The van der Waals surface area contributed by atoms with Gasteiger partial charge in [0.15, 0.2) is 0 Å². The molecule has 2 atom stereocenters. The fourth-order valence-electron chi connectivity index (χ4n) is 3.03. The second-order valence-electron chi connectivity index (χ2n) is 7.90. The van der Waals surface area contributed by atoms with E-state index in [4.69, 9.17) is 15.2 Å². The lowest BCUT2D eigenvalue weighted by atomic mass is 10.0. The molecule has 0 aromatic rings. The van der Waals surface area contributed by atoms with Crippen LogP contribution in [0.5, 0.6) is 0 Å². The van der Waals surface area contributed by atoms with Crippen LogP contribution in [0.4, 0.5) is 0 Å². The van der Waals surface area contributed by atoms with Crippen molar-refractivity contribution in [1.29, 1.82) is 0 Å². The van der Waals surface area contributed by atoms with E-state index in [2.05, 4.69) is 10.6 Å². The van der Waals surface area contributed by atoms with Gasteiger partial charge in [-0.2, -0.15) is 0 Å². The van der Waals surface area contributed by atoms with Crippen LogP contribution in [0, 0.1) is 11.8 Å². The highest BCUT2D eigenvalue weighted by Gasteiger charge is 2.35. The third-order valence-electron chi connectivity index (χ3n) is 5.08. The molecule has 0 spiro atoms. The lowest BCUT2D eigenvalue weighted by Gasteiger charge is -2.14. The van der Waals surface area contributed by atoms with Crippen LogP contribution in [0.1, 0.15) is 46.0 Å². The summed E-state index contributed by atoms with van der Waals surface area (Å²) in [5, 5.41) is 5.39. The number of nitrogens with two attached hydrogens (primary N) is 1. The first kappa shape index (κ1) is 27.5. The van der Waals surface area contributed by atoms with Crippen LogP contribution in [-0.4, -0.2) is 80.5 Å². The average molecular weight is 457 g/mol. The molecule has 4 N–H and O–H groups in total. The largest absolute Gasteiger partial charge is 0.377 e. The van der Waals surface area contributed by atoms with Gasteiger partial charge in [-0.25, -0.2) is 0 Å². The van der Waals surface area contributed by atoms with E-state index in [1.54, 1.807) is 13.8 Å². The number of unbranched alkanes of at least 4 members (excludes halogenated alkanes) is 1. The number of rotatable bonds is 17. The van der Waals surface area contributed by atoms with Crippen LogP contribution in [0.2, 0.25) is 0 Å². The zero-order valence-corrected chi connectivity index (χ0v) is 19.0. The van der Waals surface area contributed by atoms with Gasteiger partial charge in [0.2, 0.25) is 29.5 Å². The summed E-state index contributed by atoms with van der Waals surface area (Å²) in [7, 11) is 0. The zero-order chi connectivity index (χ0) is 23.9. The highest BCUT2D eigenvalue weighted by molar-refractivity contribution is 6.03. The van der Waals surface area contributed by atoms with Gasteiger partial charge in [-0.05, 0) is 12.8 Å². The Morgan fingerprint density at radius 3 is 2.41 bits per heavy atom. The minimum absolute atomic E-state index is 0.0621. The number of carbonyl (C=O) groups excluding carboxylic acids is 5. The number of amides is 5. The molecular weight excluding hydrogens is 420 g/mol. The quantitative estimate of drug-likeness (QED) is 0.193. The number of hydrogen-bond donors (Lipinski definition) is 3. The van der Waals surface area contributed by atoms with E-state index < -0.39 is 0 Å². The first-order valence-electron chi connectivity index (χ1n) is 11.0. The summed E-state index contributed by atoms with van der Waals surface area (Å²) in [6.07, 6.45) is 2.55. The van der Waals surface area contributed by atoms with Crippen LogP contribution in [0.3, 0.4) is 0 Å². The molecule has 0 aromatic heterocycles. The molecule has 0 radical (unpaired) electrons. The van der Waals surface area contributed by atoms with Crippen LogP contribution in [0.25, 0.3) is 0 Å². The lowest BCUT2D eigenvalue weighted by molar-refractivity contribution is -0.139. The Morgan fingerprint density at radius 1 is 1.06 bits per heavy atom. The van der Waals surface area contributed by atoms with Gasteiger partial charge in [0.05, 0.1) is 19.8 Å². The Morgan fingerprint density at radius 2 is 1.75 bits per heavy atom. The van der Waals surface area contributed by atoms with Crippen molar-refractivity contribution >= 4 is 29.5 Å². The van der Waals surface area contributed by atoms with Gasteiger partial charge >= 0.3 is 0 Å². The number of nitrogens with one attached hydrogen (secondary N) is 2. The molecular formula is C21H36N4O7. The van der Waals surface area contributed by atoms with Crippen LogP contribution in [-0.2, 0) is 33.4 Å². The minimum Gasteiger partial charge on any atom is -0.377 e. The van der Waals surface area contributed by atoms with Crippen LogP contribution >= 0.6 is 0 Å². The van der Waals surface area contributed by atoms with Crippen molar-refractivity contribution in [2.45, 2.75) is 46.0 Å². The molecule has 1 aliphatic heterocycles. The van der Waals surface area contributed by atoms with Gasteiger partial charge in [0.25, 0.3) is 0 Å². The van der Waals surface area contributed by atoms with Gasteiger partial charge in [-0.15, -0.1) is 0 Å². The standard InChI is InChI=1S/C21H36N4O7/c1-15(20(22)29)5-3-4-7-23-18(27)14-32-12-11-31-10-8-24-17(26)6-9-25-19(28)13-16(2)21(25)30/h15-16H,3-14H2,1-2H3,(H2,22,29)(H,23,27)(H,24,26). The molecule has 1 heterocycles. The van der Waals surface area contributed by atoms with E-state index in [-0.39, 0.29) is 87.2 Å². The maximum atomic E-state index is 11.8. The summed E-state index contributed by atoms with van der Waals surface area (Å²) in [5.41, 5.74) is 5.19. The van der Waals surface area contributed by atoms with Gasteiger partial charge in [0, 0.05) is 44.3 Å². The maximum absolute atomic E-state index is 11.8. The van der Waals surface area contributed by atoms with E-state index in [9.17, 15) is 24.0 Å². The monoisotopic (exact) mass is 456 g/mol. The van der Waals surface area contributed by atoms with Gasteiger partial charge in [-0.3, -0.25) is 28.9 Å². The minimum atomic E-state index is -0.311. The number of likely N-dealkylation sites (tertiary alicyclic amines) is 1. The predicted molar refractivity (Wildman–Crippen MR) is 115 cm³/mol. The molecule has 2 unspecified atom stereocenters. The molecule has 0 saturated carbocycles. The highest BCUT2D eigenvalue weighted by Crippen LogP contribution is 2.18. The topological polar surface area (TPSA) is 157 Å². The molecule has 5 amide bonds. The van der Waals surface area contributed by atoms with E-state index >= 15 is 0 Å². The normalized spacial score (nSPS) is 16.8. The average Bonchev–Trinajstić information content (AvgIpc) is 2.98. The summed E-state index contributed by atoms with van der Waals surface area (Å²) < 4.78 is 10.5. The molecule has 1 rings (SSSR count). The van der Waals surface area contributed by atoms with Crippen molar-refractivity contribution in [2.24, 2.45) is 17.6 Å². The molecule has 0 bridgehead atoms. The number of primary amides is 1. The molecule has 1 saturated heterocycles. The molecule has 182 valence electrons. The fourth-order valence-corrected chi connectivity index (χ4v) is 3.03. The fraction of sp³-hybridized carbons (Fsp3) is 0.762. The van der Waals surface area contributed by atoms with E-state index in [0.29, 0.717) is 19.5 Å². The molecule has 11 heteroatoms. The molecule has 32 heavy (non-hydrogen) atoms. The number of hydrogen-bond acceptors (Lipinski definition) is 7. The molecule has 1 aliphatic rings. The summed E-state index contributed by atoms with van der Waals surface area (Å²) in [4.78, 5) is 58.9. The Kier molecular flexibility index (Phi) is 13.2. The maximum Gasteiger partial charge on any atom is 0.245 e. The number of nitrogens with zero attached hydrogens (tertiary/aromatic N) is 1. The smallest absolute Gasteiger partial charge is 0.245 e. The number of imide groups is 1. The Bertz CT molecular complexity index is 656. The second-order valence-corrected chi connectivity index (χ2v) is 7.90. The van der Waals surface area contributed by atoms with Gasteiger partial charge in [-0.1, -0.05) is 20.3 Å². The molecule has 0 aromatic carbocycles. The summed E-state index contributed by atoms with van der Waals surface area (Å²) >= 11 is 0. The van der Waals surface area contributed by atoms with Gasteiger partial charge < -0.3 is 25.8 Å². The second kappa shape index (κ2) is 15.3. The van der Waals surface area contributed by atoms with Crippen molar-refractivity contribution in [2.75, 3.05) is 46.1 Å². The summed E-state index contributed by atoms with van der Waals surface area (Å²) in [5.74, 6) is -1.71. The summed E-state index contributed by atoms with van der Waals surface area (Å²) in [6.45, 7) is 5.13. The number of carbonyl (C=O) groups is 5. The Balaban J connectivity index is 1.91. The van der Waals surface area contributed by atoms with E-state index in [1.165, 1.54) is 0 Å². The van der Waals surface area contributed by atoms with Crippen molar-refractivity contribution in [3.63, 3.8) is 0 Å². The highest BCUT2D eigenvalue weighted by atomic mass is 16.5. The molecule has 0 aliphatic carbocycles. The third kappa shape index (κ3) is 11.2. The van der Waals surface area contributed by atoms with Crippen molar-refractivity contribution in [1.82, 2.24) is 15.5 Å². The molecule has 1 fully saturated rings. The summed E-state index contributed by atoms with van der Waals surface area (Å²) in [6, 6.07) is 0. The number of ether oxygens (including phenoxy) is 2. The SMILES string of the molecule is CC(CCCCNC(=O)COCCOCCNC(=O)CCN1C(=O)CC(C)C1=O)C(N)=O. The van der Waals surface area contributed by atoms with E-state index in [1.807, 2.05) is 0 Å². The van der Waals surface area contributed by atoms with Crippen molar-refractivity contribution in [3.05, 3.63) is 0 Å². The van der Waals surface area contributed by atoms with Crippen LogP contribution in [0.15, 0.2) is 0 Å². The predicted octanol–water partition coefficient (Wildman–Crippen LogP) is -0.671. The van der Waals surface area contributed by atoms with E-state index in [0.717, 1.165) is 17.7 Å².